The van der Waals surface area contributed by atoms with Crippen LogP contribution in [-0.4, -0.2) is 48.9 Å². The van der Waals surface area contributed by atoms with Crippen LogP contribution in [0.5, 0.6) is 0 Å². The van der Waals surface area contributed by atoms with Gasteiger partial charge < -0.3 is 10.6 Å². The van der Waals surface area contributed by atoms with Crippen LogP contribution in [0, 0.1) is 0 Å². The molecule has 1 fully saturated rings. The third-order valence-corrected chi connectivity index (χ3v) is 5.65. The van der Waals surface area contributed by atoms with Gasteiger partial charge in [-0.3, -0.25) is 4.79 Å². The van der Waals surface area contributed by atoms with Gasteiger partial charge >= 0.3 is 0 Å². The lowest BCUT2D eigenvalue weighted by molar-refractivity contribution is -0.136. The monoisotopic (exact) mass is 262 g/mol. The van der Waals surface area contributed by atoms with Gasteiger partial charge in [-0.15, -0.1) is 0 Å². The van der Waals surface area contributed by atoms with Gasteiger partial charge in [-0.25, -0.2) is 8.42 Å². The maximum atomic E-state index is 12.3. The average Bonchev–Trinajstić information content (AvgIpc) is 2.14. The molecule has 1 rings (SSSR count). The lowest BCUT2D eigenvalue weighted by Gasteiger charge is -2.40. The van der Waals surface area contributed by atoms with E-state index in [2.05, 4.69) is 0 Å². The molecule has 1 amide bonds. The smallest absolute Gasteiger partial charge is 0.243 e. The topological polar surface area (TPSA) is 80.5 Å². The molecule has 5 nitrogen and oxygen atoms in total. The minimum atomic E-state index is -3.41. The highest BCUT2D eigenvalue weighted by molar-refractivity contribution is 7.92. The molecular formula is C11H22N2O3S. The Balaban J connectivity index is 2.91. The van der Waals surface area contributed by atoms with Gasteiger partial charge in [0.2, 0.25) is 5.91 Å². The summed E-state index contributed by atoms with van der Waals surface area (Å²) in [6.45, 7) is 5.38. The van der Waals surface area contributed by atoms with E-state index in [4.69, 9.17) is 5.73 Å². The van der Waals surface area contributed by atoms with Crippen LogP contribution in [0.15, 0.2) is 0 Å². The molecule has 2 atom stereocenters. The van der Waals surface area contributed by atoms with E-state index in [1.54, 1.807) is 4.90 Å². The fourth-order valence-corrected chi connectivity index (χ4v) is 2.45. The van der Waals surface area contributed by atoms with E-state index in [1.807, 2.05) is 6.92 Å². The van der Waals surface area contributed by atoms with Crippen LogP contribution in [0.3, 0.4) is 0 Å². The van der Waals surface area contributed by atoms with Gasteiger partial charge in [-0.1, -0.05) is 0 Å². The molecule has 1 saturated heterocycles. The predicted molar refractivity (Wildman–Crippen MR) is 67.3 cm³/mol. The third-order valence-electron chi connectivity index (χ3n) is 3.62. The summed E-state index contributed by atoms with van der Waals surface area (Å²) in [5, 5.41) is 0. The quantitative estimate of drug-likeness (QED) is 0.768. The fourth-order valence-electron chi connectivity index (χ4n) is 2.01. The number of carbonyl (C=O) groups excluding carboxylic acids is 1. The van der Waals surface area contributed by atoms with Crippen LogP contribution in [0.25, 0.3) is 0 Å². The Morgan fingerprint density at radius 3 is 2.35 bits per heavy atom. The zero-order valence-corrected chi connectivity index (χ0v) is 11.8. The maximum absolute atomic E-state index is 12.3. The standard InChI is InChI=1S/C11H22N2O3S/c1-8-7-9(12)5-6-13(8)10(14)11(2,3)17(4,15)16/h8-9H,5-7,12H2,1-4H3. The van der Waals surface area contributed by atoms with Gasteiger partial charge in [0.25, 0.3) is 0 Å². The third kappa shape index (κ3) is 2.80. The van der Waals surface area contributed by atoms with Crippen molar-refractivity contribution in [1.29, 1.82) is 0 Å². The molecule has 0 aliphatic carbocycles. The van der Waals surface area contributed by atoms with Gasteiger partial charge in [0.05, 0.1) is 0 Å². The Morgan fingerprint density at radius 1 is 1.41 bits per heavy atom. The van der Waals surface area contributed by atoms with Crippen molar-refractivity contribution in [2.75, 3.05) is 12.8 Å². The van der Waals surface area contributed by atoms with Crippen molar-refractivity contribution in [1.82, 2.24) is 4.90 Å². The molecule has 1 heterocycles. The molecule has 1 aliphatic heterocycles. The average molecular weight is 262 g/mol. The number of hydrogen-bond acceptors (Lipinski definition) is 4. The van der Waals surface area contributed by atoms with Gasteiger partial charge in [-0.2, -0.15) is 0 Å². The summed E-state index contributed by atoms with van der Waals surface area (Å²) in [6.07, 6.45) is 2.56. The van der Waals surface area contributed by atoms with Crippen LogP contribution in [-0.2, 0) is 14.6 Å². The first kappa shape index (κ1) is 14.4. The summed E-state index contributed by atoms with van der Waals surface area (Å²) in [5.41, 5.74) is 5.83. The predicted octanol–water partition coefficient (Wildman–Crippen LogP) is 0.148. The number of sulfone groups is 1. The number of rotatable bonds is 2. The Kier molecular flexibility index (Phi) is 3.88. The fraction of sp³-hybridized carbons (Fsp3) is 0.909. The van der Waals surface area contributed by atoms with Crippen molar-refractivity contribution in [3.05, 3.63) is 0 Å². The molecule has 1 aliphatic rings. The summed E-state index contributed by atoms with van der Waals surface area (Å²) in [6, 6.07) is 0.114. The largest absolute Gasteiger partial charge is 0.339 e. The molecule has 0 aromatic rings. The van der Waals surface area contributed by atoms with Crippen LogP contribution >= 0.6 is 0 Å². The highest BCUT2D eigenvalue weighted by atomic mass is 32.2. The summed E-state index contributed by atoms with van der Waals surface area (Å²) in [4.78, 5) is 13.9. The van der Waals surface area contributed by atoms with Crippen molar-refractivity contribution in [3.63, 3.8) is 0 Å². The second kappa shape index (κ2) is 4.57. The second-order valence-corrected chi connectivity index (χ2v) is 7.98. The molecular weight excluding hydrogens is 240 g/mol. The normalized spacial score (nSPS) is 27.0. The van der Waals surface area contributed by atoms with Crippen molar-refractivity contribution in [3.8, 4) is 0 Å². The number of piperidine rings is 1. The molecule has 0 aromatic carbocycles. The van der Waals surface area contributed by atoms with Gasteiger partial charge in [0.1, 0.15) is 4.75 Å². The minimum absolute atomic E-state index is 0.00674. The van der Waals surface area contributed by atoms with Crippen LogP contribution in [0.1, 0.15) is 33.6 Å². The van der Waals surface area contributed by atoms with Crippen LogP contribution < -0.4 is 5.73 Å². The zero-order valence-electron chi connectivity index (χ0n) is 10.9. The van der Waals surface area contributed by atoms with Crippen molar-refractivity contribution < 1.29 is 13.2 Å². The Hall–Kier alpha value is -0.620. The Morgan fingerprint density at radius 2 is 1.94 bits per heavy atom. The second-order valence-electron chi connectivity index (χ2n) is 5.41. The first-order valence-corrected chi connectivity index (χ1v) is 7.72. The summed E-state index contributed by atoms with van der Waals surface area (Å²) in [5.74, 6) is -0.320. The SMILES string of the molecule is CC1CC(N)CCN1C(=O)C(C)(C)S(C)(=O)=O. The van der Waals surface area contributed by atoms with Gasteiger partial charge in [0.15, 0.2) is 9.84 Å². The van der Waals surface area contributed by atoms with E-state index in [-0.39, 0.29) is 18.0 Å². The number of nitrogens with two attached hydrogens (primary N) is 1. The molecule has 0 saturated carbocycles. The van der Waals surface area contributed by atoms with E-state index in [9.17, 15) is 13.2 Å². The lowest BCUT2D eigenvalue weighted by Crippen LogP contribution is -2.56. The Labute approximate surface area is 103 Å². The van der Waals surface area contributed by atoms with Gasteiger partial charge in [0, 0.05) is 24.9 Å². The Bertz CT molecular complexity index is 403. The van der Waals surface area contributed by atoms with Crippen molar-refractivity contribution in [2.24, 2.45) is 5.73 Å². The van der Waals surface area contributed by atoms with Crippen molar-refractivity contribution in [2.45, 2.75) is 50.4 Å². The maximum Gasteiger partial charge on any atom is 0.243 e. The molecule has 2 unspecified atom stereocenters. The molecule has 100 valence electrons. The number of carbonyl (C=O) groups is 1. The molecule has 0 radical (unpaired) electrons. The summed E-state index contributed by atoms with van der Waals surface area (Å²) in [7, 11) is -3.41. The number of likely N-dealkylation sites (tertiary alicyclic amines) is 1. The first-order chi connectivity index (χ1) is 7.57. The molecule has 0 spiro atoms. The molecule has 17 heavy (non-hydrogen) atoms. The number of hydrogen-bond donors (Lipinski definition) is 1. The summed E-state index contributed by atoms with van der Waals surface area (Å²) >= 11 is 0. The molecule has 0 aromatic heterocycles. The highest BCUT2D eigenvalue weighted by Gasteiger charge is 2.43. The number of nitrogens with zero attached hydrogens (tertiary/aromatic N) is 1. The van der Waals surface area contributed by atoms with E-state index in [0.717, 1.165) is 19.1 Å². The lowest BCUT2D eigenvalue weighted by atomic mass is 9.97. The van der Waals surface area contributed by atoms with E-state index in [0.29, 0.717) is 6.54 Å². The van der Waals surface area contributed by atoms with E-state index < -0.39 is 14.6 Å². The molecule has 2 N–H and O–H groups in total. The van der Waals surface area contributed by atoms with Gasteiger partial charge in [-0.05, 0) is 33.6 Å². The molecule has 0 bridgehead atoms. The van der Waals surface area contributed by atoms with Crippen LogP contribution in [0.4, 0.5) is 0 Å². The van der Waals surface area contributed by atoms with E-state index >= 15 is 0 Å². The van der Waals surface area contributed by atoms with Crippen molar-refractivity contribution >= 4 is 15.7 Å². The first-order valence-electron chi connectivity index (χ1n) is 5.83. The highest BCUT2D eigenvalue weighted by Crippen LogP contribution is 2.24. The van der Waals surface area contributed by atoms with Crippen LogP contribution in [0.2, 0.25) is 0 Å². The zero-order chi connectivity index (χ0) is 13.4. The summed E-state index contributed by atoms with van der Waals surface area (Å²) < 4.78 is 21.9. The van der Waals surface area contributed by atoms with E-state index in [1.165, 1.54) is 13.8 Å². The molecule has 6 heteroatoms. The number of amides is 1. The minimum Gasteiger partial charge on any atom is -0.339 e.